The van der Waals surface area contributed by atoms with Gasteiger partial charge in [-0.3, -0.25) is 9.59 Å². The molecule has 4 heteroatoms. The lowest BCUT2D eigenvalue weighted by atomic mass is 10.0. The number of hydrogen-bond donors (Lipinski definition) is 0. The van der Waals surface area contributed by atoms with Crippen LogP contribution in [0.1, 0.15) is 41.8 Å². The molecule has 2 rings (SSSR count). The minimum Gasteiger partial charge on any atom is -0.466 e. The van der Waals surface area contributed by atoms with E-state index in [2.05, 4.69) is 0 Å². The molecule has 0 fully saturated rings. The molecule has 132 valence electrons. The van der Waals surface area contributed by atoms with Gasteiger partial charge in [-0.1, -0.05) is 55.5 Å². The number of hydrogen-bond acceptors (Lipinski definition) is 3. The van der Waals surface area contributed by atoms with Gasteiger partial charge >= 0.3 is 5.97 Å². The second-order valence-electron chi connectivity index (χ2n) is 5.78. The van der Waals surface area contributed by atoms with Crippen LogP contribution in [0.25, 0.3) is 0 Å². The Morgan fingerprint density at radius 1 is 0.960 bits per heavy atom. The summed E-state index contributed by atoms with van der Waals surface area (Å²) in [5.74, 6) is -0.331. The van der Waals surface area contributed by atoms with Gasteiger partial charge in [0.2, 0.25) is 0 Å². The summed E-state index contributed by atoms with van der Waals surface area (Å²) in [6.07, 6.45) is 0.986. The second-order valence-corrected chi connectivity index (χ2v) is 5.78. The number of carbonyl (C=O) groups is 2. The molecule has 0 aliphatic carbocycles. The summed E-state index contributed by atoms with van der Waals surface area (Å²) in [4.78, 5) is 26.5. The van der Waals surface area contributed by atoms with E-state index in [0.29, 0.717) is 25.3 Å². The Morgan fingerprint density at radius 3 is 2.32 bits per heavy atom. The summed E-state index contributed by atoms with van der Waals surface area (Å²) >= 11 is 0. The summed E-state index contributed by atoms with van der Waals surface area (Å²) < 4.78 is 5.00. The number of aryl methyl sites for hydroxylation is 1. The first kappa shape index (κ1) is 18.7. The maximum atomic E-state index is 13.1. The quantitative estimate of drug-likeness (QED) is 0.687. The van der Waals surface area contributed by atoms with Gasteiger partial charge in [0.25, 0.3) is 5.91 Å². The van der Waals surface area contributed by atoms with E-state index >= 15 is 0 Å². The zero-order valence-electron chi connectivity index (χ0n) is 14.9. The van der Waals surface area contributed by atoms with Crippen molar-refractivity contribution in [3.05, 3.63) is 71.3 Å². The first-order valence-corrected chi connectivity index (χ1v) is 8.72. The summed E-state index contributed by atoms with van der Waals surface area (Å²) in [6, 6.07) is 17.4. The Kier molecular flexibility index (Phi) is 7.20. The molecule has 2 aromatic rings. The molecule has 0 spiro atoms. The van der Waals surface area contributed by atoms with E-state index in [4.69, 9.17) is 4.74 Å². The van der Waals surface area contributed by atoms with E-state index < -0.39 is 0 Å². The van der Waals surface area contributed by atoms with Crippen LogP contribution in [0, 0.1) is 0 Å². The number of rotatable bonds is 8. The fraction of sp³-hybridized carbons (Fsp3) is 0.333. The predicted molar refractivity (Wildman–Crippen MR) is 98.3 cm³/mol. The van der Waals surface area contributed by atoms with E-state index in [1.807, 2.05) is 61.5 Å². The topological polar surface area (TPSA) is 46.6 Å². The van der Waals surface area contributed by atoms with Crippen molar-refractivity contribution in [3.8, 4) is 0 Å². The van der Waals surface area contributed by atoms with E-state index in [0.717, 1.165) is 17.5 Å². The van der Waals surface area contributed by atoms with Gasteiger partial charge in [-0.2, -0.15) is 0 Å². The van der Waals surface area contributed by atoms with Crippen molar-refractivity contribution >= 4 is 11.9 Å². The molecule has 0 aromatic heterocycles. The van der Waals surface area contributed by atoms with Crippen molar-refractivity contribution in [1.82, 2.24) is 4.90 Å². The van der Waals surface area contributed by atoms with Crippen LogP contribution in [0.15, 0.2) is 54.6 Å². The van der Waals surface area contributed by atoms with Gasteiger partial charge < -0.3 is 9.64 Å². The predicted octanol–water partition coefficient (Wildman–Crippen LogP) is 3.84. The van der Waals surface area contributed by atoms with Gasteiger partial charge in [-0.25, -0.2) is 0 Å². The second kappa shape index (κ2) is 9.62. The van der Waals surface area contributed by atoms with E-state index in [-0.39, 0.29) is 18.3 Å². The van der Waals surface area contributed by atoms with Crippen LogP contribution in [0.5, 0.6) is 0 Å². The number of ether oxygens (including phenoxy) is 1. The van der Waals surface area contributed by atoms with Gasteiger partial charge in [0.15, 0.2) is 0 Å². The lowest BCUT2D eigenvalue weighted by Gasteiger charge is -2.24. The average Bonchev–Trinajstić information content (AvgIpc) is 2.65. The lowest BCUT2D eigenvalue weighted by molar-refractivity contribution is -0.143. The maximum absolute atomic E-state index is 13.1. The van der Waals surface area contributed by atoms with Gasteiger partial charge in [0.1, 0.15) is 0 Å². The molecule has 4 nitrogen and oxygen atoms in total. The summed E-state index contributed by atoms with van der Waals surface area (Å²) in [5, 5.41) is 0. The lowest BCUT2D eigenvalue weighted by Crippen LogP contribution is -2.33. The Hall–Kier alpha value is -2.62. The molecule has 0 aliphatic heterocycles. The Morgan fingerprint density at radius 2 is 1.64 bits per heavy atom. The first-order chi connectivity index (χ1) is 12.2. The van der Waals surface area contributed by atoms with Gasteiger partial charge in [0, 0.05) is 18.7 Å². The zero-order valence-corrected chi connectivity index (χ0v) is 14.9. The molecule has 0 bridgehead atoms. The largest absolute Gasteiger partial charge is 0.466 e. The normalized spacial score (nSPS) is 10.3. The summed E-state index contributed by atoms with van der Waals surface area (Å²) in [7, 11) is 0. The molecule has 0 heterocycles. The number of nitrogens with zero attached hydrogens (tertiary/aromatic N) is 1. The molecular weight excluding hydrogens is 314 g/mol. The molecular formula is C21H25NO3. The van der Waals surface area contributed by atoms with Gasteiger partial charge in [-0.05, 0) is 30.5 Å². The van der Waals surface area contributed by atoms with Crippen LogP contribution >= 0.6 is 0 Å². The number of benzene rings is 2. The molecule has 0 unspecified atom stereocenters. The monoisotopic (exact) mass is 339 g/mol. The van der Waals surface area contributed by atoms with Crippen molar-refractivity contribution in [1.29, 1.82) is 0 Å². The zero-order chi connectivity index (χ0) is 18.1. The van der Waals surface area contributed by atoms with Gasteiger partial charge in [-0.15, -0.1) is 0 Å². The van der Waals surface area contributed by atoms with Gasteiger partial charge in [0.05, 0.1) is 13.0 Å². The maximum Gasteiger partial charge on any atom is 0.307 e. The Bertz CT molecular complexity index is 697. The third-order valence-electron chi connectivity index (χ3n) is 4.02. The summed E-state index contributed by atoms with van der Waals surface area (Å²) in [6.45, 7) is 4.97. The molecule has 0 aliphatic rings. The van der Waals surface area contributed by atoms with Crippen LogP contribution in [0.2, 0.25) is 0 Å². The van der Waals surface area contributed by atoms with E-state index in [1.54, 1.807) is 11.8 Å². The van der Waals surface area contributed by atoms with E-state index in [9.17, 15) is 9.59 Å². The van der Waals surface area contributed by atoms with Crippen LogP contribution in [-0.2, 0) is 22.5 Å². The highest BCUT2D eigenvalue weighted by atomic mass is 16.5. The first-order valence-electron chi connectivity index (χ1n) is 8.72. The standard InChI is InChI=1S/C21H25NO3/c1-3-18-12-8-9-13-19(18)21(24)22(15-14-20(23)25-4-2)16-17-10-6-5-7-11-17/h5-13H,3-4,14-16H2,1-2H3. The van der Waals surface area contributed by atoms with Crippen molar-refractivity contribution < 1.29 is 14.3 Å². The van der Waals surface area contributed by atoms with E-state index in [1.165, 1.54) is 0 Å². The third-order valence-corrected chi connectivity index (χ3v) is 4.02. The Balaban J connectivity index is 2.20. The van der Waals surface area contributed by atoms with Crippen molar-refractivity contribution in [2.75, 3.05) is 13.2 Å². The minimum absolute atomic E-state index is 0.0504. The fourth-order valence-electron chi connectivity index (χ4n) is 2.72. The smallest absolute Gasteiger partial charge is 0.307 e. The van der Waals surface area contributed by atoms with Crippen molar-refractivity contribution in [2.24, 2.45) is 0 Å². The van der Waals surface area contributed by atoms with Crippen molar-refractivity contribution in [2.45, 2.75) is 33.2 Å². The number of amides is 1. The Labute approximate surface area is 149 Å². The molecule has 1 amide bonds. The molecule has 0 N–H and O–H groups in total. The number of carbonyl (C=O) groups excluding carboxylic acids is 2. The molecule has 0 saturated carbocycles. The molecule has 25 heavy (non-hydrogen) atoms. The minimum atomic E-state index is -0.280. The number of esters is 1. The van der Waals surface area contributed by atoms with Crippen LogP contribution in [0.3, 0.4) is 0 Å². The van der Waals surface area contributed by atoms with Crippen LogP contribution in [-0.4, -0.2) is 29.9 Å². The SMILES string of the molecule is CCOC(=O)CCN(Cc1ccccc1)C(=O)c1ccccc1CC. The average molecular weight is 339 g/mol. The fourth-order valence-corrected chi connectivity index (χ4v) is 2.72. The highest BCUT2D eigenvalue weighted by molar-refractivity contribution is 5.95. The highest BCUT2D eigenvalue weighted by Crippen LogP contribution is 2.15. The van der Waals surface area contributed by atoms with Crippen LogP contribution < -0.4 is 0 Å². The third kappa shape index (κ3) is 5.45. The highest BCUT2D eigenvalue weighted by Gasteiger charge is 2.19. The van der Waals surface area contributed by atoms with Crippen LogP contribution in [0.4, 0.5) is 0 Å². The molecule has 0 radical (unpaired) electrons. The molecule has 0 atom stereocenters. The molecule has 0 saturated heterocycles. The molecule has 2 aromatic carbocycles. The summed E-state index contributed by atoms with van der Waals surface area (Å²) in [5.41, 5.74) is 2.75. The van der Waals surface area contributed by atoms with Crippen molar-refractivity contribution in [3.63, 3.8) is 0 Å².